The van der Waals surface area contributed by atoms with Crippen LogP contribution in [-0.2, 0) is 16.4 Å². The number of nitrogens with one attached hydrogen (secondary N) is 1. The van der Waals surface area contributed by atoms with Crippen LogP contribution in [0.1, 0.15) is 12.5 Å². The number of benzene rings is 1. The van der Waals surface area contributed by atoms with Gasteiger partial charge in [-0.1, -0.05) is 13.0 Å². The number of aromatic nitrogens is 1. The summed E-state index contributed by atoms with van der Waals surface area (Å²) in [4.78, 5) is 4.08. The molecular formula is C13H15N3O2S. The van der Waals surface area contributed by atoms with E-state index in [0.717, 1.165) is 5.56 Å². The van der Waals surface area contributed by atoms with Crippen LogP contribution in [0.2, 0.25) is 0 Å². The van der Waals surface area contributed by atoms with Gasteiger partial charge < -0.3 is 5.73 Å². The van der Waals surface area contributed by atoms with E-state index in [2.05, 4.69) is 9.71 Å². The molecule has 0 aliphatic carbocycles. The number of aryl methyl sites for hydroxylation is 1. The van der Waals surface area contributed by atoms with Crippen LogP contribution in [0.4, 0.5) is 11.4 Å². The summed E-state index contributed by atoms with van der Waals surface area (Å²) in [6.07, 6.45) is 3.65. The molecule has 5 nitrogen and oxygen atoms in total. The molecule has 0 unspecified atom stereocenters. The number of nitrogen functional groups attached to an aromatic ring is 1. The Morgan fingerprint density at radius 2 is 2.11 bits per heavy atom. The predicted molar refractivity (Wildman–Crippen MR) is 75.3 cm³/mol. The van der Waals surface area contributed by atoms with Crippen LogP contribution in [0.25, 0.3) is 0 Å². The highest BCUT2D eigenvalue weighted by atomic mass is 32.2. The van der Waals surface area contributed by atoms with Gasteiger partial charge in [-0.25, -0.2) is 8.42 Å². The summed E-state index contributed by atoms with van der Waals surface area (Å²) in [5.74, 6) is 0. The highest BCUT2D eigenvalue weighted by Crippen LogP contribution is 2.22. The van der Waals surface area contributed by atoms with E-state index in [4.69, 9.17) is 5.73 Å². The van der Waals surface area contributed by atoms with E-state index in [1.54, 1.807) is 30.5 Å². The Morgan fingerprint density at radius 3 is 2.74 bits per heavy atom. The molecule has 0 radical (unpaired) electrons. The van der Waals surface area contributed by atoms with Gasteiger partial charge in [0.15, 0.2) is 0 Å². The summed E-state index contributed by atoms with van der Waals surface area (Å²) >= 11 is 0. The molecule has 2 aromatic rings. The molecule has 0 saturated heterocycles. The largest absolute Gasteiger partial charge is 0.399 e. The third-order valence-electron chi connectivity index (χ3n) is 2.68. The maximum atomic E-state index is 12.3. The Morgan fingerprint density at radius 1 is 1.32 bits per heavy atom. The van der Waals surface area contributed by atoms with Crippen molar-refractivity contribution in [3.63, 3.8) is 0 Å². The van der Waals surface area contributed by atoms with E-state index in [9.17, 15) is 8.42 Å². The van der Waals surface area contributed by atoms with Gasteiger partial charge in [-0.05, 0) is 36.2 Å². The van der Waals surface area contributed by atoms with Crippen molar-refractivity contribution < 1.29 is 8.42 Å². The normalized spacial score (nSPS) is 11.2. The van der Waals surface area contributed by atoms with Gasteiger partial charge in [0, 0.05) is 11.9 Å². The molecule has 6 heteroatoms. The summed E-state index contributed by atoms with van der Waals surface area (Å²) < 4.78 is 27.2. The van der Waals surface area contributed by atoms with Crippen LogP contribution < -0.4 is 10.5 Å². The Labute approximate surface area is 112 Å². The van der Waals surface area contributed by atoms with Crippen LogP contribution >= 0.6 is 0 Å². The maximum Gasteiger partial charge on any atom is 0.262 e. The molecule has 3 N–H and O–H groups in total. The van der Waals surface area contributed by atoms with Crippen LogP contribution in [0, 0.1) is 0 Å². The lowest BCUT2D eigenvalue weighted by atomic mass is 10.1. The fourth-order valence-corrected chi connectivity index (χ4v) is 3.14. The van der Waals surface area contributed by atoms with Crippen molar-refractivity contribution >= 4 is 21.4 Å². The summed E-state index contributed by atoms with van der Waals surface area (Å²) in [6, 6.07) is 8.20. The van der Waals surface area contributed by atoms with Crippen molar-refractivity contribution in [3.8, 4) is 0 Å². The molecular weight excluding hydrogens is 262 g/mol. The predicted octanol–water partition coefficient (Wildman–Crippen LogP) is 2.03. The van der Waals surface area contributed by atoms with Crippen LogP contribution in [-0.4, -0.2) is 13.4 Å². The SMILES string of the molecule is CCc1ccc(N)cc1S(=O)(=O)Nc1cccnc1. The topological polar surface area (TPSA) is 85.1 Å². The fourth-order valence-electron chi connectivity index (χ4n) is 1.75. The lowest BCUT2D eigenvalue weighted by Gasteiger charge is -2.11. The van der Waals surface area contributed by atoms with Gasteiger partial charge in [-0.3, -0.25) is 9.71 Å². The first-order valence-electron chi connectivity index (χ1n) is 5.84. The zero-order valence-electron chi connectivity index (χ0n) is 10.5. The summed E-state index contributed by atoms with van der Waals surface area (Å²) in [7, 11) is -3.65. The second kappa shape index (κ2) is 5.27. The van der Waals surface area contributed by atoms with Crippen LogP contribution in [0.15, 0.2) is 47.6 Å². The number of nitrogens with zero attached hydrogens (tertiary/aromatic N) is 1. The number of pyridine rings is 1. The molecule has 19 heavy (non-hydrogen) atoms. The van der Waals surface area contributed by atoms with Gasteiger partial charge in [0.05, 0.1) is 16.8 Å². The fraction of sp³-hybridized carbons (Fsp3) is 0.154. The Hall–Kier alpha value is -2.08. The maximum absolute atomic E-state index is 12.3. The molecule has 0 spiro atoms. The van der Waals surface area contributed by atoms with Crippen molar-refractivity contribution in [2.45, 2.75) is 18.2 Å². The van der Waals surface area contributed by atoms with Crippen molar-refractivity contribution in [3.05, 3.63) is 48.3 Å². The zero-order valence-corrected chi connectivity index (χ0v) is 11.3. The van der Waals surface area contributed by atoms with Crippen LogP contribution in [0.3, 0.4) is 0 Å². The first-order valence-corrected chi connectivity index (χ1v) is 7.32. The van der Waals surface area contributed by atoms with E-state index >= 15 is 0 Å². The smallest absolute Gasteiger partial charge is 0.262 e. The van der Waals surface area contributed by atoms with Gasteiger partial charge in [0.2, 0.25) is 0 Å². The first kappa shape index (κ1) is 13.4. The minimum absolute atomic E-state index is 0.207. The van der Waals surface area contributed by atoms with Gasteiger partial charge in [0.25, 0.3) is 10.0 Å². The minimum atomic E-state index is -3.65. The standard InChI is InChI=1S/C13H15N3O2S/c1-2-10-5-6-11(14)8-13(10)19(17,18)16-12-4-3-7-15-9-12/h3-9,16H,2,14H2,1H3. The van der Waals surface area contributed by atoms with Crippen molar-refractivity contribution in [1.82, 2.24) is 4.98 Å². The van der Waals surface area contributed by atoms with Gasteiger partial charge in [-0.2, -0.15) is 0 Å². The Balaban J connectivity index is 2.42. The van der Waals surface area contributed by atoms with E-state index < -0.39 is 10.0 Å². The number of hydrogen-bond donors (Lipinski definition) is 2. The quantitative estimate of drug-likeness (QED) is 0.837. The number of anilines is 2. The average molecular weight is 277 g/mol. The van der Waals surface area contributed by atoms with E-state index in [-0.39, 0.29) is 4.90 Å². The summed E-state index contributed by atoms with van der Waals surface area (Å²) in [5, 5.41) is 0. The zero-order chi connectivity index (χ0) is 13.9. The molecule has 100 valence electrons. The van der Waals surface area contributed by atoms with E-state index in [1.807, 2.05) is 6.92 Å². The molecule has 0 fully saturated rings. The van der Waals surface area contributed by atoms with Crippen molar-refractivity contribution in [2.24, 2.45) is 0 Å². The molecule has 1 aromatic carbocycles. The molecule has 0 saturated carbocycles. The molecule has 0 bridgehead atoms. The summed E-state index contributed by atoms with van der Waals surface area (Å²) in [5.41, 5.74) is 7.24. The average Bonchev–Trinajstić information content (AvgIpc) is 2.39. The summed E-state index contributed by atoms with van der Waals surface area (Å²) in [6.45, 7) is 1.90. The lowest BCUT2D eigenvalue weighted by Crippen LogP contribution is -2.15. The van der Waals surface area contributed by atoms with Gasteiger partial charge >= 0.3 is 0 Å². The Bertz CT molecular complexity index is 670. The monoisotopic (exact) mass is 277 g/mol. The number of nitrogens with two attached hydrogens (primary N) is 1. The van der Waals surface area contributed by atoms with E-state index in [0.29, 0.717) is 17.8 Å². The molecule has 0 aliphatic heterocycles. The highest BCUT2D eigenvalue weighted by molar-refractivity contribution is 7.92. The number of sulfonamides is 1. The Kier molecular flexibility index (Phi) is 3.71. The third kappa shape index (κ3) is 3.03. The highest BCUT2D eigenvalue weighted by Gasteiger charge is 2.18. The molecule has 2 rings (SSSR count). The molecule has 1 aromatic heterocycles. The molecule has 1 heterocycles. The van der Waals surface area contributed by atoms with Gasteiger partial charge in [-0.15, -0.1) is 0 Å². The van der Waals surface area contributed by atoms with Crippen molar-refractivity contribution in [1.29, 1.82) is 0 Å². The van der Waals surface area contributed by atoms with Gasteiger partial charge in [0.1, 0.15) is 0 Å². The third-order valence-corrected chi connectivity index (χ3v) is 4.14. The number of rotatable bonds is 4. The molecule has 0 atom stereocenters. The molecule has 0 aliphatic rings. The minimum Gasteiger partial charge on any atom is -0.399 e. The second-order valence-electron chi connectivity index (χ2n) is 4.07. The van der Waals surface area contributed by atoms with E-state index in [1.165, 1.54) is 12.3 Å². The second-order valence-corrected chi connectivity index (χ2v) is 5.72. The molecule has 0 amide bonds. The van der Waals surface area contributed by atoms with Crippen LogP contribution in [0.5, 0.6) is 0 Å². The lowest BCUT2D eigenvalue weighted by molar-refractivity contribution is 0.600. The van der Waals surface area contributed by atoms with Crippen molar-refractivity contribution in [2.75, 3.05) is 10.5 Å². The number of hydrogen-bond acceptors (Lipinski definition) is 4. The first-order chi connectivity index (χ1) is 9.03.